The van der Waals surface area contributed by atoms with Crippen LogP contribution in [0.15, 0.2) is 77.7 Å². The third-order valence-electron chi connectivity index (χ3n) is 3.74. The van der Waals surface area contributed by atoms with E-state index < -0.39 is 5.82 Å². The molecule has 0 aliphatic carbocycles. The van der Waals surface area contributed by atoms with Gasteiger partial charge in [0.1, 0.15) is 0 Å². The maximum absolute atomic E-state index is 13.6. The lowest BCUT2D eigenvalue weighted by atomic mass is 10.1. The normalized spacial score (nSPS) is 10.7. The zero-order valence-corrected chi connectivity index (χ0v) is 13.7. The van der Waals surface area contributed by atoms with Crippen LogP contribution in [0.5, 0.6) is 11.6 Å². The van der Waals surface area contributed by atoms with Crippen LogP contribution in [0.1, 0.15) is 11.3 Å². The van der Waals surface area contributed by atoms with Gasteiger partial charge < -0.3 is 9.26 Å². The molecule has 0 fully saturated rings. The van der Waals surface area contributed by atoms with Crippen molar-refractivity contribution in [2.45, 2.75) is 6.42 Å². The number of rotatable bonds is 5. The number of hydrogen-bond donors (Lipinski definition) is 0. The molecule has 4 aromatic rings. The molecule has 5 nitrogen and oxygen atoms in total. The van der Waals surface area contributed by atoms with Gasteiger partial charge in [0.2, 0.25) is 5.88 Å². The molecule has 3 heterocycles. The highest BCUT2D eigenvalue weighted by atomic mass is 19.1. The predicted octanol–water partition coefficient (Wildman–Crippen LogP) is 4.65. The Bertz CT molecular complexity index is 1000. The number of halogens is 1. The van der Waals surface area contributed by atoms with Gasteiger partial charge in [0.15, 0.2) is 17.3 Å². The molecule has 0 amide bonds. The minimum absolute atomic E-state index is 0.144. The number of ether oxygens (including phenoxy) is 1. The summed E-state index contributed by atoms with van der Waals surface area (Å²) >= 11 is 0. The second-order valence-electron chi connectivity index (χ2n) is 5.64. The Kier molecular flexibility index (Phi) is 4.38. The highest BCUT2D eigenvalue weighted by Gasteiger charge is 2.09. The first-order valence-electron chi connectivity index (χ1n) is 8.01. The van der Waals surface area contributed by atoms with Crippen LogP contribution < -0.4 is 4.74 Å². The van der Waals surface area contributed by atoms with Crippen molar-refractivity contribution < 1.29 is 13.7 Å². The topological polar surface area (TPSA) is 61.0 Å². The number of pyridine rings is 2. The fourth-order valence-corrected chi connectivity index (χ4v) is 2.46. The van der Waals surface area contributed by atoms with Gasteiger partial charge in [-0.2, -0.15) is 0 Å². The van der Waals surface area contributed by atoms with Gasteiger partial charge >= 0.3 is 0 Å². The molecule has 0 saturated carbocycles. The van der Waals surface area contributed by atoms with E-state index in [1.807, 2.05) is 24.3 Å². The van der Waals surface area contributed by atoms with Crippen LogP contribution in [0.4, 0.5) is 4.39 Å². The van der Waals surface area contributed by atoms with Crippen molar-refractivity contribution in [2.24, 2.45) is 0 Å². The largest absolute Gasteiger partial charge is 0.436 e. The molecule has 0 bridgehead atoms. The lowest BCUT2D eigenvalue weighted by molar-refractivity contribution is 0.424. The van der Waals surface area contributed by atoms with Crippen LogP contribution in [0.2, 0.25) is 0 Å². The van der Waals surface area contributed by atoms with E-state index in [4.69, 9.17) is 9.26 Å². The van der Waals surface area contributed by atoms with E-state index in [1.165, 1.54) is 6.07 Å². The SMILES string of the molecule is Fc1ccccc1Oc1ccc(Cc2cc(-c3cccnc3)on2)cn1. The standard InChI is InChI=1S/C20H14FN3O2/c21-17-5-1-2-6-18(17)25-20-8-7-14(12-23-20)10-16-11-19(26-24-16)15-4-3-9-22-13-15/h1-9,11-13H,10H2. The van der Waals surface area contributed by atoms with Crippen LogP contribution in [-0.2, 0) is 6.42 Å². The summed E-state index contributed by atoms with van der Waals surface area (Å²) in [5.74, 6) is 0.713. The van der Waals surface area contributed by atoms with Gasteiger partial charge in [0.05, 0.1) is 5.69 Å². The minimum Gasteiger partial charge on any atom is -0.436 e. The molecule has 128 valence electrons. The molecule has 0 N–H and O–H groups in total. The molecule has 0 atom stereocenters. The van der Waals surface area contributed by atoms with Crippen molar-refractivity contribution >= 4 is 0 Å². The first-order valence-corrected chi connectivity index (χ1v) is 8.01. The van der Waals surface area contributed by atoms with Crippen LogP contribution in [0.3, 0.4) is 0 Å². The summed E-state index contributed by atoms with van der Waals surface area (Å²) < 4.78 is 24.4. The molecule has 0 saturated heterocycles. The summed E-state index contributed by atoms with van der Waals surface area (Å²) in [5.41, 5.74) is 2.60. The molecule has 4 rings (SSSR count). The summed E-state index contributed by atoms with van der Waals surface area (Å²) in [6, 6.07) is 15.4. The molecule has 6 heteroatoms. The number of hydrogen-bond acceptors (Lipinski definition) is 5. The summed E-state index contributed by atoms with van der Waals surface area (Å²) in [7, 11) is 0. The molecule has 0 unspecified atom stereocenters. The molecule has 0 aliphatic rings. The van der Waals surface area contributed by atoms with Crippen LogP contribution in [0.25, 0.3) is 11.3 Å². The van der Waals surface area contributed by atoms with E-state index in [0.29, 0.717) is 18.1 Å². The monoisotopic (exact) mass is 347 g/mol. The third-order valence-corrected chi connectivity index (χ3v) is 3.74. The average molecular weight is 347 g/mol. The highest BCUT2D eigenvalue weighted by Crippen LogP contribution is 2.23. The molecule has 0 radical (unpaired) electrons. The Hall–Kier alpha value is -3.54. The molecular weight excluding hydrogens is 333 g/mol. The van der Waals surface area contributed by atoms with Crippen molar-refractivity contribution in [3.8, 4) is 23.0 Å². The number of aromatic nitrogens is 3. The van der Waals surface area contributed by atoms with Gasteiger partial charge in [-0.15, -0.1) is 0 Å². The van der Waals surface area contributed by atoms with E-state index in [0.717, 1.165) is 16.8 Å². The van der Waals surface area contributed by atoms with E-state index in [9.17, 15) is 4.39 Å². The van der Waals surface area contributed by atoms with E-state index >= 15 is 0 Å². The van der Waals surface area contributed by atoms with Gasteiger partial charge in [0.25, 0.3) is 0 Å². The molecule has 3 aromatic heterocycles. The summed E-state index contributed by atoms with van der Waals surface area (Å²) in [6.45, 7) is 0. The van der Waals surface area contributed by atoms with Crippen molar-refractivity contribution in [2.75, 3.05) is 0 Å². The molecular formula is C20H14FN3O2. The third kappa shape index (κ3) is 3.59. The molecule has 0 spiro atoms. The Morgan fingerprint density at radius 1 is 1.00 bits per heavy atom. The van der Waals surface area contributed by atoms with Crippen LogP contribution in [0, 0.1) is 5.82 Å². The molecule has 0 aliphatic heterocycles. The molecule has 26 heavy (non-hydrogen) atoms. The Labute approximate surface area is 149 Å². The van der Waals surface area contributed by atoms with Gasteiger partial charge in [-0.25, -0.2) is 9.37 Å². The summed E-state index contributed by atoms with van der Waals surface area (Å²) in [4.78, 5) is 8.29. The second-order valence-corrected chi connectivity index (χ2v) is 5.64. The van der Waals surface area contributed by atoms with Gasteiger partial charge in [-0.3, -0.25) is 4.98 Å². The summed E-state index contributed by atoms with van der Waals surface area (Å²) in [5, 5.41) is 4.08. The number of para-hydroxylation sites is 1. The van der Waals surface area contributed by atoms with E-state index in [1.54, 1.807) is 42.9 Å². The second kappa shape index (κ2) is 7.14. The van der Waals surface area contributed by atoms with Gasteiger partial charge in [0, 0.05) is 42.7 Å². The maximum Gasteiger partial charge on any atom is 0.219 e. The fourth-order valence-electron chi connectivity index (χ4n) is 2.46. The maximum atomic E-state index is 13.6. The Morgan fingerprint density at radius 3 is 2.69 bits per heavy atom. The van der Waals surface area contributed by atoms with Gasteiger partial charge in [-0.1, -0.05) is 23.4 Å². The number of benzene rings is 1. The zero-order valence-electron chi connectivity index (χ0n) is 13.7. The van der Waals surface area contributed by atoms with Gasteiger partial charge in [-0.05, 0) is 29.8 Å². The highest BCUT2D eigenvalue weighted by molar-refractivity contribution is 5.55. The Morgan fingerprint density at radius 2 is 1.92 bits per heavy atom. The lowest BCUT2D eigenvalue weighted by Crippen LogP contribution is -1.93. The first-order chi connectivity index (χ1) is 12.8. The van der Waals surface area contributed by atoms with Crippen molar-refractivity contribution in [1.82, 2.24) is 15.1 Å². The zero-order chi connectivity index (χ0) is 17.8. The van der Waals surface area contributed by atoms with Crippen LogP contribution >= 0.6 is 0 Å². The van der Waals surface area contributed by atoms with E-state index in [-0.39, 0.29) is 5.75 Å². The quantitative estimate of drug-likeness (QED) is 0.526. The lowest BCUT2D eigenvalue weighted by Gasteiger charge is -2.06. The predicted molar refractivity (Wildman–Crippen MR) is 93.3 cm³/mol. The van der Waals surface area contributed by atoms with Crippen molar-refractivity contribution in [3.05, 3.63) is 90.3 Å². The Balaban J connectivity index is 1.45. The van der Waals surface area contributed by atoms with E-state index in [2.05, 4.69) is 15.1 Å². The minimum atomic E-state index is -0.427. The average Bonchev–Trinajstić information content (AvgIpc) is 3.14. The number of nitrogens with zero attached hydrogens (tertiary/aromatic N) is 3. The van der Waals surface area contributed by atoms with Crippen molar-refractivity contribution in [3.63, 3.8) is 0 Å². The molecule has 1 aromatic carbocycles. The van der Waals surface area contributed by atoms with Crippen molar-refractivity contribution in [1.29, 1.82) is 0 Å². The van der Waals surface area contributed by atoms with Crippen LogP contribution in [-0.4, -0.2) is 15.1 Å². The fraction of sp³-hybridized carbons (Fsp3) is 0.0500. The smallest absolute Gasteiger partial charge is 0.219 e. The first kappa shape index (κ1) is 16.0. The summed E-state index contributed by atoms with van der Waals surface area (Å²) in [6.07, 6.45) is 5.67.